The first kappa shape index (κ1) is 16.6. The molecule has 0 spiro atoms. The van der Waals surface area contributed by atoms with Crippen LogP contribution in [0.15, 0.2) is 0 Å². The van der Waals surface area contributed by atoms with Crippen molar-refractivity contribution in [3.63, 3.8) is 0 Å². The standard InChI is InChI=1S/C13H26N4O3/c1-13(2,3)20-12(19)16-10-7-5-9(6-8-10)15-11(18)17(4)14/h9-10H,5-8,14H2,1-4H3,(H,15,18)(H,16,19). The van der Waals surface area contributed by atoms with Gasteiger partial charge in [0.05, 0.1) is 0 Å². The number of carbonyl (C=O) groups excluding carboxylic acids is 2. The second kappa shape index (κ2) is 6.78. The zero-order chi connectivity index (χ0) is 15.3. The topological polar surface area (TPSA) is 96.7 Å². The molecule has 0 aromatic carbocycles. The molecule has 7 heteroatoms. The van der Waals surface area contributed by atoms with E-state index in [1.54, 1.807) is 0 Å². The van der Waals surface area contributed by atoms with Gasteiger partial charge >= 0.3 is 12.1 Å². The Morgan fingerprint density at radius 3 is 1.95 bits per heavy atom. The highest BCUT2D eigenvalue weighted by Crippen LogP contribution is 2.19. The Morgan fingerprint density at radius 2 is 1.55 bits per heavy atom. The van der Waals surface area contributed by atoms with Crippen LogP contribution in [0.2, 0.25) is 0 Å². The van der Waals surface area contributed by atoms with Crippen LogP contribution in [0.5, 0.6) is 0 Å². The lowest BCUT2D eigenvalue weighted by Gasteiger charge is -2.31. The molecule has 4 N–H and O–H groups in total. The second-order valence-corrected chi connectivity index (χ2v) is 6.26. The van der Waals surface area contributed by atoms with Crippen LogP contribution in [-0.4, -0.2) is 41.9 Å². The summed E-state index contributed by atoms with van der Waals surface area (Å²) in [6.45, 7) is 5.51. The zero-order valence-electron chi connectivity index (χ0n) is 12.7. The van der Waals surface area contributed by atoms with Crippen LogP contribution in [0, 0.1) is 0 Å². The molecular formula is C13H26N4O3. The van der Waals surface area contributed by atoms with Gasteiger partial charge in [0.15, 0.2) is 0 Å². The predicted molar refractivity (Wildman–Crippen MR) is 75.9 cm³/mol. The highest BCUT2D eigenvalue weighted by molar-refractivity contribution is 5.73. The maximum absolute atomic E-state index is 11.6. The van der Waals surface area contributed by atoms with Gasteiger partial charge in [-0.1, -0.05) is 0 Å². The molecule has 0 aromatic heterocycles. The van der Waals surface area contributed by atoms with Crippen molar-refractivity contribution in [2.24, 2.45) is 5.84 Å². The fourth-order valence-electron chi connectivity index (χ4n) is 2.13. The van der Waals surface area contributed by atoms with Gasteiger partial charge in [0.1, 0.15) is 5.60 Å². The molecule has 1 fully saturated rings. The largest absolute Gasteiger partial charge is 0.444 e. The Bertz CT molecular complexity index is 344. The van der Waals surface area contributed by atoms with E-state index in [0.717, 1.165) is 30.7 Å². The van der Waals surface area contributed by atoms with Crippen LogP contribution in [0.25, 0.3) is 0 Å². The van der Waals surface area contributed by atoms with Crippen LogP contribution >= 0.6 is 0 Å². The fourth-order valence-corrected chi connectivity index (χ4v) is 2.13. The maximum Gasteiger partial charge on any atom is 0.407 e. The van der Waals surface area contributed by atoms with Gasteiger partial charge in [-0.2, -0.15) is 0 Å². The number of alkyl carbamates (subject to hydrolysis) is 1. The van der Waals surface area contributed by atoms with Crippen molar-refractivity contribution in [2.75, 3.05) is 7.05 Å². The molecule has 3 amide bonds. The first-order valence-corrected chi connectivity index (χ1v) is 6.96. The second-order valence-electron chi connectivity index (χ2n) is 6.26. The van der Waals surface area contributed by atoms with E-state index in [9.17, 15) is 9.59 Å². The van der Waals surface area contributed by atoms with Crippen molar-refractivity contribution in [1.29, 1.82) is 0 Å². The molecule has 0 aromatic rings. The molecule has 7 nitrogen and oxygen atoms in total. The number of ether oxygens (including phenoxy) is 1. The predicted octanol–water partition coefficient (Wildman–Crippen LogP) is 1.34. The van der Waals surface area contributed by atoms with Crippen molar-refractivity contribution < 1.29 is 14.3 Å². The number of nitrogens with two attached hydrogens (primary N) is 1. The average Bonchev–Trinajstić information content (AvgIpc) is 2.28. The first-order chi connectivity index (χ1) is 9.17. The van der Waals surface area contributed by atoms with Gasteiger partial charge in [-0.15, -0.1) is 0 Å². The maximum atomic E-state index is 11.6. The monoisotopic (exact) mass is 286 g/mol. The van der Waals surface area contributed by atoms with Crippen LogP contribution in [-0.2, 0) is 4.74 Å². The molecule has 20 heavy (non-hydrogen) atoms. The summed E-state index contributed by atoms with van der Waals surface area (Å²) < 4.78 is 5.22. The molecule has 0 unspecified atom stereocenters. The minimum absolute atomic E-state index is 0.105. The lowest BCUT2D eigenvalue weighted by Crippen LogP contribution is -2.49. The number of hydrogen-bond donors (Lipinski definition) is 3. The summed E-state index contributed by atoms with van der Waals surface area (Å²) in [6.07, 6.45) is 2.89. The summed E-state index contributed by atoms with van der Waals surface area (Å²) in [7, 11) is 1.50. The van der Waals surface area contributed by atoms with E-state index in [-0.39, 0.29) is 24.2 Å². The van der Waals surface area contributed by atoms with Crippen molar-refractivity contribution in [2.45, 2.75) is 64.1 Å². The van der Waals surface area contributed by atoms with Gasteiger partial charge in [0, 0.05) is 19.1 Å². The van der Waals surface area contributed by atoms with Crippen molar-refractivity contribution >= 4 is 12.1 Å². The minimum atomic E-state index is -0.485. The van der Waals surface area contributed by atoms with Crippen molar-refractivity contribution in [1.82, 2.24) is 15.6 Å². The highest BCUT2D eigenvalue weighted by atomic mass is 16.6. The molecule has 1 rings (SSSR count). The number of amides is 3. The van der Waals surface area contributed by atoms with E-state index in [0.29, 0.717) is 0 Å². The van der Waals surface area contributed by atoms with E-state index in [4.69, 9.17) is 10.6 Å². The third-order valence-corrected chi connectivity index (χ3v) is 3.10. The Balaban J connectivity index is 2.29. The van der Waals surface area contributed by atoms with Crippen LogP contribution in [0.1, 0.15) is 46.5 Å². The lowest BCUT2D eigenvalue weighted by molar-refractivity contribution is 0.0489. The number of hydrazine groups is 1. The SMILES string of the molecule is CN(N)C(=O)NC1CCC(NC(=O)OC(C)(C)C)CC1. The van der Waals surface area contributed by atoms with E-state index in [1.807, 2.05) is 20.8 Å². The Kier molecular flexibility index (Phi) is 5.62. The van der Waals surface area contributed by atoms with E-state index >= 15 is 0 Å². The quantitative estimate of drug-likeness (QED) is 0.405. The van der Waals surface area contributed by atoms with Gasteiger partial charge in [-0.3, -0.25) is 5.01 Å². The van der Waals surface area contributed by atoms with Gasteiger partial charge in [-0.05, 0) is 46.5 Å². The van der Waals surface area contributed by atoms with Crippen LogP contribution in [0.4, 0.5) is 9.59 Å². The zero-order valence-corrected chi connectivity index (χ0v) is 12.7. The molecule has 0 atom stereocenters. The van der Waals surface area contributed by atoms with Gasteiger partial charge in [-0.25, -0.2) is 15.4 Å². The van der Waals surface area contributed by atoms with Crippen LogP contribution < -0.4 is 16.5 Å². The summed E-state index contributed by atoms with van der Waals surface area (Å²) in [5.74, 6) is 5.35. The van der Waals surface area contributed by atoms with Crippen molar-refractivity contribution in [3.05, 3.63) is 0 Å². The summed E-state index contributed by atoms with van der Waals surface area (Å²) in [5.41, 5.74) is -0.485. The Morgan fingerprint density at radius 1 is 1.10 bits per heavy atom. The Labute approximate surface area is 120 Å². The average molecular weight is 286 g/mol. The number of rotatable bonds is 2. The Hall–Kier alpha value is -1.50. The molecular weight excluding hydrogens is 260 g/mol. The number of nitrogens with one attached hydrogen (secondary N) is 2. The summed E-state index contributed by atoms with van der Waals surface area (Å²) in [5, 5.41) is 6.74. The normalized spacial score (nSPS) is 22.9. The molecule has 1 aliphatic carbocycles. The number of nitrogens with zero attached hydrogens (tertiary/aromatic N) is 1. The summed E-state index contributed by atoms with van der Waals surface area (Å²) in [6, 6.07) is -0.0626. The van der Waals surface area contributed by atoms with Gasteiger partial charge < -0.3 is 15.4 Å². The van der Waals surface area contributed by atoms with Gasteiger partial charge in [0.25, 0.3) is 0 Å². The smallest absolute Gasteiger partial charge is 0.407 e. The number of hydrogen-bond acceptors (Lipinski definition) is 4. The van der Waals surface area contributed by atoms with E-state index < -0.39 is 5.60 Å². The van der Waals surface area contributed by atoms with E-state index in [2.05, 4.69) is 10.6 Å². The molecule has 1 aliphatic rings. The first-order valence-electron chi connectivity index (χ1n) is 6.96. The highest BCUT2D eigenvalue weighted by Gasteiger charge is 2.25. The minimum Gasteiger partial charge on any atom is -0.444 e. The number of urea groups is 1. The summed E-state index contributed by atoms with van der Waals surface area (Å²) in [4.78, 5) is 23.1. The van der Waals surface area contributed by atoms with E-state index in [1.165, 1.54) is 7.05 Å². The lowest BCUT2D eigenvalue weighted by atomic mass is 9.91. The fraction of sp³-hybridized carbons (Fsp3) is 0.846. The molecule has 1 saturated carbocycles. The molecule has 0 aliphatic heterocycles. The molecule has 0 bridgehead atoms. The molecule has 0 saturated heterocycles. The van der Waals surface area contributed by atoms with Crippen molar-refractivity contribution in [3.8, 4) is 0 Å². The van der Waals surface area contributed by atoms with Crippen LogP contribution in [0.3, 0.4) is 0 Å². The molecule has 116 valence electrons. The number of carbonyl (C=O) groups is 2. The third kappa shape index (κ3) is 6.10. The third-order valence-electron chi connectivity index (χ3n) is 3.10. The molecule has 0 radical (unpaired) electrons. The van der Waals surface area contributed by atoms with Gasteiger partial charge in [0.2, 0.25) is 0 Å². The summed E-state index contributed by atoms with van der Waals surface area (Å²) >= 11 is 0. The molecule has 0 heterocycles.